The largest absolute Gasteiger partial charge is 0.466 e. The molecule has 1 aliphatic carbocycles. The third kappa shape index (κ3) is 14.3. The van der Waals surface area contributed by atoms with E-state index < -0.39 is 35.1 Å². The van der Waals surface area contributed by atoms with Gasteiger partial charge in [0.15, 0.2) is 11.2 Å². The molecule has 2 aromatic heterocycles. The first-order valence-electron chi connectivity index (χ1n) is 8.57. The van der Waals surface area contributed by atoms with Crippen LogP contribution in [0.4, 0.5) is 5.95 Å². The number of rotatable bonds is 2. The van der Waals surface area contributed by atoms with Gasteiger partial charge >= 0.3 is 23.5 Å². The van der Waals surface area contributed by atoms with Crippen LogP contribution in [0.5, 0.6) is 0 Å². The highest BCUT2D eigenvalue weighted by atomic mass is 31.2. The van der Waals surface area contributed by atoms with Crippen LogP contribution in [0.1, 0.15) is 12.5 Å². The van der Waals surface area contributed by atoms with E-state index in [9.17, 15) is 15.0 Å². The SMILES string of the molecule is C=C1[C@H](CO)[C@@H](O)C[C@@H]1n1cnc2c(=O)[nH]c(N)nc21.O=P(O)(O)O.O=P(O)(O)O.O=P(O)(O)O. The van der Waals surface area contributed by atoms with Gasteiger partial charge in [-0.1, -0.05) is 6.58 Å². The van der Waals surface area contributed by atoms with Gasteiger partial charge in [-0.25, -0.2) is 18.7 Å². The van der Waals surface area contributed by atoms with Gasteiger partial charge in [-0.3, -0.25) is 9.78 Å². The lowest BCUT2D eigenvalue weighted by atomic mass is 10.0. The Hall–Kier alpha value is -1.86. The summed E-state index contributed by atoms with van der Waals surface area (Å²) in [6, 6.07) is -0.263. The van der Waals surface area contributed by atoms with Gasteiger partial charge in [0.25, 0.3) is 5.56 Å². The molecule has 14 N–H and O–H groups in total. The van der Waals surface area contributed by atoms with Crippen molar-refractivity contribution in [3.63, 3.8) is 0 Å². The number of aliphatic hydroxyl groups is 2. The zero-order valence-electron chi connectivity index (χ0n) is 17.2. The Labute approximate surface area is 194 Å². The quantitative estimate of drug-likeness (QED) is 0.122. The van der Waals surface area contributed by atoms with Crippen LogP contribution < -0.4 is 11.3 Å². The van der Waals surface area contributed by atoms with Crippen LogP contribution >= 0.6 is 23.5 Å². The predicted molar refractivity (Wildman–Crippen MR) is 115 cm³/mol. The number of hydrogen-bond donors (Lipinski definition) is 13. The molecule has 0 aromatic carbocycles. The first-order valence-corrected chi connectivity index (χ1v) is 13.3. The third-order valence-electron chi connectivity index (χ3n) is 3.82. The minimum atomic E-state index is -4.64. The maximum atomic E-state index is 11.7. The number of imidazole rings is 1. The van der Waals surface area contributed by atoms with Crippen LogP contribution in [0.2, 0.25) is 0 Å². The molecule has 1 saturated carbocycles. The van der Waals surface area contributed by atoms with Crippen LogP contribution in [-0.4, -0.2) is 86.5 Å². The van der Waals surface area contributed by atoms with Gasteiger partial charge in [-0.05, 0) is 12.0 Å². The molecule has 1 aliphatic rings. The Morgan fingerprint density at radius 3 is 1.83 bits per heavy atom. The summed E-state index contributed by atoms with van der Waals surface area (Å²) in [5.41, 5.74) is 6.37. The summed E-state index contributed by atoms with van der Waals surface area (Å²) < 4.78 is 28.3. The van der Waals surface area contributed by atoms with Crippen molar-refractivity contribution in [3.05, 3.63) is 28.8 Å². The molecule has 202 valence electrons. The summed E-state index contributed by atoms with van der Waals surface area (Å²) in [5, 5.41) is 19.2. The zero-order chi connectivity index (χ0) is 27.9. The molecule has 35 heavy (non-hydrogen) atoms. The first-order chi connectivity index (χ1) is 15.5. The minimum Gasteiger partial charge on any atom is -0.396 e. The molecule has 0 unspecified atom stereocenters. The van der Waals surface area contributed by atoms with E-state index in [4.69, 9.17) is 63.5 Å². The lowest BCUT2D eigenvalue weighted by Crippen LogP contribution is -2.17. The fourth-order valence-corrected chi connectivity index (χ4v) is 2.74. The molecule has 0 amide bonds. The van der Waals surface area contributed by atoms with Gasteiger partial charge in [0.1, 0.15) is 0 Å². The lowest BCUT2D eigenvalue weighted by Gasteiger charge is -2.15. The van der Waals surface area contributed by atoms with Crippen molar-refractivity contribution >= 4 is 40.6 Å². The smallest absolute Gasteiger partial charge is 0.396 e. The van der Waals surface area contributed by atoms with E-state index in [-0.39, 0.29) is 30.0 Å². The maximum absolute atomic E-state index is 11.7. The average molecular weight is 571 g/mol. The summed E-state index contributed by atoms with van der Waals surface area (Å²) in [6.45, 7) is 3.76. The van der Waals surface area contributed by atoms with Crippen molar-refractivity contribution < 1.29 is 67.9 Å². The van der Waals surface area contributed by atoms with Gasteiger partial charge in [0.2, 0.25) is 5.95 Å². The molecule has 20 nitrogen and oxygen atoms in total. The van der Waals surface area contributed by atoms with Gasteiger partial charge in [-0.15, -0.1) is 0 Å². The molecule has 0 radical (unpaired) electrons. The number of hydrogen-bond acceptors (Lipinski definition) is 9. The Morgan fingerprint density at radius 1 is 1.03 bits per heavy atom. The van der Waals surface area contributed by atoms with E-state index in [0.717, 1.165) is 0 Å². The summed E-state index contributed by atoms with van der Waals surface area (Å²) in [7, 11) is -13.9. The molecule has 2 heterocycles. The van der Waals surface area contributed by atoms with Gasteiger partial charge in [0, 0.05) is 5.92 Å². The number of fused-ring (bicyclic) bond motifs is 1. The number of aromatic amines is 1. The van der Waals surface area contributed by atoms with E-state index in [1.807, 2.05) is 0 Å². The fourth-order valence-electron chi connectivity index (χ4n) is 2.74. The van der Waals surface area contributed by atoms with Gasteiger partial charge < -0.3 is 64.6 Å². The van der Waals surface area contributed by atoms with E-state index in [1.54, 1.807) is 4.57 Å². The monoisotopic (exact) mass is 571 g/mol. The highest BCUT2D eigenvalue weighted by molar-refractivity contribution is 7.45. The number of nitrogens with one attached hydrogen (secondary N) is 1. The fraction of sp³-hybridized carbons (Fsp3) is 0.417. The number of phosphoric acid groups is 3. The Kier molecular flexibility index (Phi) is 12.2. The predicted octanol–water partition coefficient (Wildman–Crippen LogP) is -3.61. The van der Waals surface area contributed by atoms with Crippen molar-refractivity contribution in [1.29, 1.82) is 0 Å². The third-order valence-corrected chi connectivity index (χ3v) is 3.82. The summed E-state index contributed by atoms with van der Waals surface area (Å²) in [4.78, 5) is 86.9. The number of nitrogens with zero attached hydrogens (tertiary/aromatic N) is 3. The van der Waals surface area contributed by atoms with E-state index in [0.29, 0.717) is 17.6 Å². The normalized spacial score (nSPS) is 20.2. The number of anilines is 1. The number of aliphatic hydroxyl groups excluding tert-OH is 2. The van der Waals surface area contributed by atoms with Crippen molar-refractivity contribution in [1.82, 2.24) is 19.5 Å². The molecule has 0 aliphatic heterocycles. The van der Waals surface area contributed by atoms with E-state index in [2.05, 4.69) is 21.5 Å². The minimum absolute atomic E-state index is 0.00659. The molecular weight excluding hydrogens is 547 g/mol. The van der Waals surface area contributed by atoms with E-state index in [1.165, 1.54) is 6.33 Å². The second kappa shape index (κ2) is 12.9. The molecule has 2 aromatic rings. The molecular formula is C12H24N5O15P3. The van der Waals surface area contributed by atoms with Crippen LogP contribution in [0, 0.1) is 5.92 Å². The number of aromatic nitrogens is 4. The number of nitrogens with two attached hydrogens (primary N) is 1. The van der Waals surface area contributed by atoms with Crippen molar-refractivity contribution in [2.45, 2.75) is 18.6 Å². The number of nitrogen functional groups attached to an aromatic ring is 1. The first kappa shape index (κ1) is 33.1. The van der Waals surface area contributed by atoms with Crippen LogP contribution in [0.15, 0.2) is 23.3 Å². The second-order valence-electron chi connectivity index (χ2n) is 6.50. The lowest BCUT2D eigenvalue weighted by molar-refractivity contribution is 0.101. The van der Waals surface area contributed by atoms with Crippen LogP contribution in [0.25, 0.3) is 11.2 Å². The van der Waals surface area contributed by atoms with Crippen molar-refractivity contribution in [2.24, 2.45) is 5.92 Å². The molecule has 1 fully saturated rings. The van der Waals surface area contributed by atoms with Gasteiger partial charge in [0.05, 0.1) is 25.1 Å². The summed E-state index contributed by atoms with van der Waals surface area (Å²) >= 11 is 0. The van der Waals surface area contributed by atoms with Crippen LogP contribution in [0.3, 0.4) is 0 Å². The molecule has 3 atom stereocenters. The van der Waals surface area contributed by atoms with Gasteiger partial charge in [-0.2, -0.15) is 4.98 Å². The van der Waals surface area contributed by atoms with E-state index >= 15 is 0 Å². The summed E-state index contributed by atoms with van der Waals surface area (Å²) in [5.74, 6) is -0.371. The Bertz CT molecular complexity index is 1120. The standard InChI is InChI=1S/C12H15N5O3.3H3O4P/c1-5-6(3-18)8(19)2-7(5)17-4-14-9-10(17)15-12(13)16-11(9)20;3*1-5(2,3)4/h4,6-8,18-19H,1-3H2,(H3,13,15,16,20);3*(H3,1,2,3,4)/t6-,7-,8-;;;/m0.../s1. The van der Waals surface area contributed by atoms with Crippen LogP contribution in [-0.2, 0) is 13.7 Å². The molecule has 0 spiro atoms. The average Bonchev–Trinajstić information content (AvgIpc) is 3.11. The highest BCUT2D eigenvalue weighted by Gasteiger charge is 2.37. The Balaban J connectivity index is 0.000000635. The van der Waals surface area contributed by atoms with Crippen molar-refractivity contribution in [3.8, 4) is 0 Å². The number of H-pyrrole nitrogens is 1. The highest BCUT2D eigenvalue weighted by Crippen LogP contribution is 2.39. The maximum Gasteiger partial charge on any atom is 0.466 e. The topological polar surface area (TPSA) is 363 Å². The van der Waals surface area contributed by atoms with Crippen molar-refractivity contribution in [2.75, 3.05) is 12.3 Å². The Morgan fingerprint density at radius 2 is 1.46 bits per heavy atom. The molecule has 0 saturated heterocycles. The summed E-state index contributed by atoms with van der Waals surface area (Å²) in [6.07, 6.45) is 1.20. The molecule has 23 heteroatoms. The zero-order valence-corrected chi connectivity index (χ0v) is 19.9. The molecule has 3 rings (SSSR count). The molecule has 0 bridgehead atoms. The second-order valence-corrected chi connectivity index (χ2v) is 9.58.